The van der Waals surface area contributed by atoms with Crippen LogP contribution in [0.15, 0.2) is 4.40 Å². The van der Waals surface area contributed by atoms with Crippen molar-refractivity contribution in [3.63, 3.8) is 0 Å². The van der Waals surface area contributed by atoms with E-state index in [2.05, 4.69) is 25.2 Å². The first kappa shape index (κ1) is 17.4. The molecule has 0 aromatic carbocycles. The maximum absolute atomic E-state index is 12.5. The number of carbonyl (C=O) groups is 1. The van der Waals surface area contributed by atoms with E-state index in [0.717, 1.165) is 32.1 Å². The van der Waals surface area contributed by atoms with E-state index < -0.39 is 15.7 Å². The first-order chi connectivity index (χ1) is 9.99. The van der Waals surface area contributed by atoms with Crippen LogP contribution >= 0.6 is 0 Å². The van der Waals surface area contributed by atoms with E-state index in [1.807, 2.05) is 25.7 Å². The Balaban J connectivity index is 2.07. The number of hydrogen-bond donors (Lipinski definition) is 0. The molecule has 6 heteroatoms. The predicted octanol–water partition coefficient (Wildman–Crippen LogP) is 3.66. The minimum Gasteiger partial charge on any atom is -0.397 e. The SMILES string of the molecule is CC(C)(C)[S@@](=O)N=COC(=O)N1C2CCC1(C(C)(C)C)CC2. The quantitative estimate of drug-likeness (QED) is 0.574. The summed E-state index contributed by atoms with van der Waals surface area (Å²) in [5, 5.41) is 0. The van der Waals surface area contributed by atoms with Gasteiger partial charge < -0.3 is 4.74 Å². The first-order valence-electron chi connectivity index (χ1n) is 7.93. The molecule has 2 rings (SSSR count). The number of rotatable bonds is 2. The molecule has 2 heterocycles. The highest BCUT2D eigenvalue weighted by Crippen LogP contribution is 2.55. The molecule has 2 saturated heterocycles. The van der Waals surface area contributed by atoms with Crippen LogP contribution in [0.4, 0.5) is 4.79 Å². The van der Waals surface area contributed by atoms with Crippen molar-refractivity contribution in [2.75, 3.05) is 0 Å². The molecule has 1 atom stereocenters. The summed E-state index contributed by atoms with van der Waals surface area (Å²) in [6.07, 6.45) is 4.83. The summed E-state index contributed by atoms with van der Waals surface area (Å²) in [5.41, 5.74) is -0.103. The second kappa shape index (κ2) is 5.62. The fraction of sp³-hybridized carbons (Fsp3) is 0.875. The lowest BCUT2D eigenvalue weighted by Gasteiger charge is -2.44. The Bertz CT molecular complexity index is 495. The molecule has 0 aromatic heterocycles. The van der Waals surface area contributed by atoms with E-state index in [0.29, 0.717) is 0 Å². The zero-order valence-corrected chi connectivity index (χ0v) is 15.3. The van der Waals surface area contributed by atoms with Crippen LogP contribution < -0.4 is 0 Å². The largest absolute Gasteiger partial charge is 0.416 e. The van der Waals surface area contributed by atoms with Crippen LogP contribution in [-0.2, 0) is 15.7 Å². The standard InChI is InChI=1S/C16H28N2O3S/c1-14(2,3)16-9-7-12(8-10-16)18(16)13(19)21-11-17-22(20)15(4,5)6/h11-12H,7-10H2,1-6H3/t12?,16?,22-/m1/s1. The molecule has 22 heavy (non-hydrogen) atoms. The molecular weight excluding hydrogens is 300 g/mol. The normalized spacial score (nSPS) is 30.1. The average Bonchev–Trinajstić information content (AvgIpc) is 2.93. The second-order valence-electron chi connectivity index (χ2n) is 8.34. The van der Waals surface area contributed by atoms with Crippen molar-refractivity contribution >= 4 is 23.5 Å². The lowest BCUT2D eigenvalue weighted by molar-refractivity contribution is 0.0466. The molecule has 0 N–H and O–H groups in total. The third kappa shape index (κ3) is 2.94. The highest BCUT2D eigenvalue weighted by atomic mass is 32.2. The van der Waals surface area contributed by atoms with Crippen molar-refractivity contribution in [1.82, 2.24) is 4.90 Å². The molecule has 2 fully saturated rings. The summed E-state index contributed by atoms with van der Waals surface area (Å²) in [6.45, 7) is 12.0. The summed E-state index contributed by atoms with van der Waals surface area (Å²) in [7, 11) is -1.41. The molecule has 2 bridgehead atoms. The number of carbonyl (C=O) groups excluding carboxylic acids is 1. The zero-order valence-electron chi connectivity index (χ0n) is 14.5. The van der Waals surface area contributed by atoms with Gasteiger partial charge in [-0.05, 0) is 51.9 Å². The van der Waals surface area contributed by atoms with Crippen LogP contribution in [0.5, 0.6) is 0 Å². The number of amides is 1. The Morgan fingerprint density at radius 2 is 1.77 bits per heavy atom. The highest BCUT2D eigenvalue weighted by molar-refractivity contribution is 7.85. The number of hydrogen-bond acceptors (Lipinski definition) is 3. The molecule has 5 nitrogen and oxygen atoms in total. The van der Waals surface area contributed by atoms with Gasteiger partial charge in [0.25, 0.3) is 0 Å². The molecule has 126 valence electrons. The van der Waals surface area contributed by atoms with Crippen LogP contribution in [0.1, 0.15) is 67.2 Å². The molecule has 1 amide bonds. The van der Waals surface area contributed by atoms with Gasteiger partial charge in [0.05, 0.1) is 10.3 Å². The van der Waals surface area contributed by atoms with Gasteiger partial charge in [-0.25, -0.2) is 9.00 Å². The smallest absolute Gasteiger partial charge is 0.397 e. The molecular formula is C16H28N2O3S. The Kier molecular flexibility index (Phi) is 4.46. The topological polar surface area (TPSA) is 59.0 Å². The Morgan fingerprint density at radius 3 is 2.23 bits per heavy atom. The number of nitrogens with zero attached hydrogens (tertiary/aromatic N) is 2. The Morgan fingerprint density at radius 1 is 1.23 bits per heavy atom. The summed E-state index contributed by atoms with van der Waals surface area (Å²) >= 11 is 0. The van der Waals surface area contributed by atoms with Crippen molar-refractivity contribution < 1.29 is 13.7 Å². The van der Waals surface area contributed by atoms with E-state index in [4.69, 9.17) is 4.74 Å². The van der Waals surface area contributed by atoms with Crippen LogP contribution in [0, 0.1) is 5.41 Å². The van der Waals surface area contributed by atoms with Crippen molar-refractivity contribution in [1.29, 1.82) is 0 Å². The molecule has 2 aliphatic rings. The van der Waals surface area contributed by atoms with Gasteiger partial charge in [-0.15, -0.1) is 0 Å². The molecule has 0 unspecified atom stereocenters. The van der Waals surface area contributed by atoms with Gasteiger partial charge in [0, 0.05) is 6.04 Å². The third-order valence-corrected chi connectivity index (χ3v) is 6.34. The van der Waals surface area contributed by atoms with Gasteiger partial charge in [-0.2, -0.15) is 4.40 Å². The number of fused-ring (bicyclic) bond motifs is 2. The van der Waals surface area contributed by atoms with Crippen LogP contribution in [0.2, 0.25) is 0 Å². The fourth-order valence-corrected chi connectivity index (χ4v) is 4.12. The van der Waals surface area contributed by atoms with Crippen molar-refractivity contribution in [3.8, 4) is 0 Å². The Hall–Kier alpha value is -0.910. The monoisotopic (exact) mass is 328 g/mol. The van der Waals surface area contributed by atoms with Crippen LogP contribution in [-0.4, -0.2) is 37.9 Å². The molecule has 0 radical (unpaired) electrons. The third-order valence-electron chi connectivity index (χ3n) is 5.02. The summed E-state index contributed by atoms with van der Waals surface area (Å²) in [6, 6.07) is 0.272. The lowest BCUT2D eigenvalue weighted by Crippen LogP contribution is -2.53. The average molecular weight is 328 g/mol. The zero-order chi connectivity index (χ0) is 16.8. The van der Waals surface area contributed by atoms with Crippen molar-refractivity contribution in [2.24, 2.45) is 9.81 Å². The minimum absolute atomic E-state index is 0.0165. The molecule has 0 saturated carbocycles. The molecule has 0 aliphatic carbocycles. The minimum atomic E-state index is -1.41. The van der Waals surface area contributed by atoms with E-state index in [9.17, 15) is 9.00 Å². The van der Waals surface area contributed by atoms with Crippen molar-refractivity contribution in [2.45, 2.75) is 83.6 Å². The first-order valence-corrected chi connectivity index (χ1v) is 9.04. The van der Waals surface area contributed by atoms with Crippen molar-refractivity contribution in [3.05, 3.63) is 0 Å². The van der Waals surface area contributed by atoms with Crippen LogP contribution in [0.25, 0.3) is 0 Å². The van der Waals surface area contributed by atoms with Gasteiger partial charge >= 0.3 is 6.09 Å². The Labute approximate surface area is 136 Å². The molecule has 0 spiro atoms. The van der Waals surface area contributed by atoms with Gasteiger partial charge in [0.1, 0.15) is 11.0 Å². The number of ether oxygens (including phenoxy) is 1. The van der Waals surface area contributed by atoms with Gasteiger partial charge in [-0.3, -0.25) is 4.90 Å². The fourth-order valence-electron chi connectivity index (χ4n) is 3.68. The summed E-state index contributed by atoms with van der Waals surface area (Å²) in [4.78, 5) is 14.4. The summed E-state index contributed by atoms with van der Waals surface area (Å²) in [5.74, 6) is 0. The van der Waals surface area contributed by atoms with Crippen LogP contribution in [0.3, 0.4) is 0 Å². The molecule has 0 aromatic rings. The molecule has 2 aliphatic heterocycles. The highest BCUT2D eigenvalue weighted by Gasteiger charge is 2.59. The van der Waals surface area contributed by atoms with E-state index in [1.54, 1.807) is 0 Å². The van der Waals surface area contributed by atoms with E-state index >= 15 is 0 Å². The van der Waals surface area contributed by atoms with Gasteiger partial charge in [-0.1, -0.05) is 20.8 Å². The maximum atomic E-state index is 12.5. The lowest BCUT2D eigenvalue weighted by atomic mass is 9.69. The second-order valence-corrected chi connectivity index (χ2v) is 10.3. The summed E-state index contributed by atoms with van der Waals surface area (Å²) < 4.78 is 20.4. The predicted molar refractivity (Wildman–Crippen MR) is 89.1 cm³/mol. The van der Waals surface area contributed by atoms with E-state index in [-0.39, 0.29) is 23.1 Å². The van der Waals surface area contributed by atoms with E-state index in [1.165, 1.54) is 0 Å². The van der Waals surface area contributed by atoms with Gasteiger partial charge in [0.15, 0.2) is 6.40 Å². The van der Waals surface area contributed by atoms with Gasteiger partial charge in [0.2, 0.25) is 0 Å². The maximum Gasteiger partial charge on any atom is 0.416 e.